The van der Waals surface area contributed by atoms with Crippen LogP contribution in [0.15, 0.2) is 28.8 Å². The van der Waals surface area contributed by atoms with Crippen LogP contribution in [0.4, 0.5) is 0 Å². The smallest absolute Gasteiger partial charge is 0.307 e. The molecule has 3 rings (SSSR count). The van der Waals surface area contributed by atoms with Crippen molar-refractivity contribution in [2.24, 2.45) is 5.92 Å². The maximum absolute atomic E-state index is 10.8. The Balaban J connectivity index is 1.79. The molecule has 5 nitrogen and oxygen atoms in total. The van der Waals surface area contributed by atoms with Gasteiger partial charge in [-0.3, -0.25) is 4.79 Å². The van der Waals surface area contributed by atoms with Gasteiger partial charge in [0.05, 0.1) is 11.8 Å². The molecule has 1 saturated carbocycles. The van der Waals surface area contributed by atoms with Crippen molar-refractivity contribution in [1.29, 1.82) is 0 Å². The van der Waals surface area contributed by atoms with Crippen molar-refractivity contribution in [1.82, 2.24) is 10.1 Å². The summed E-state index contributed by atoms with van der Waals surface area (Å²) in [6.07, 6.45) is 1.58. The zero-order valence-electron chi connectivity index (χ0n) is 10.5. The first-order chi connectivity index (χ1) is 9.19. The van der Waals surface area contributed by atoms with E-state index in [2.05, 4.69) is 17.1 Å². The molecule has 2 atom stereocenters. The van der Waals surface area contributed by atoms with E-state index in [1.165, 1.54) is 5.56 Å². The summed E-state index contributed by atoms with van der Waals surface area (Å²) in [6, 6.07) is 7.97. The molecule has 98 valence electrons. The molecule has 0 spiro atoms. The molecule has 1 aromatic carbocycles. The van der Waals surface area contributed by atoms with Crippen LogP contribution in [0, 0.1) is 5.92 Å². The van der Waals surface area contributed by atoms with Crippen molar-refractivity contribution in [2.45, 2.75) is 25.7 Å². The molecule has 2 unspecified atom stereocenters. The van der Waals surface area contributed by atoms with Gasteiger partial charge >= 0.3 is 5.97 Å². The molecule has 1 aliphatic carbocycles. The summed E-state index contributed by atoms with van der Waals surface area (Å²) in [5.74, 6) is -0.322. The molecule has 1 N–H and O–H groups in total. The van der Waals surface area contributed by atoms with Gasteiger partial charge in [0, 0.05) is 5.56 Å². The van der Waals surface area contributed by atoms with Gasteiger partial charge < -0.3 is 9.63 Å². The summed E-state index contributed by atoms with van der Waals surface area (Å²) in [7, 11) is 0. The maximum Gasteiger partial charge on any atom is 0.307 e. The first kappa shape index (κ1) is 11.9. The van der Waals surface area contributed by atoms with E-state index in [1.54, 1.807) is 0 Å². The highest BCUT2D eigenvalue weighted by atomic mass is 16.5. The number of carbonyl (C=O) groups is 1. The van der Waals surface area contributed by atoms with E-state index in [0.717, 1.165) is 12.0 Å². The second-order valence-electron chi connectivity index (χ2n) is 4.79. The van der Waals surface area contributed by atoms with Crippen LogP contribution >= 0.6 is 0 Å². The van der Waals surface area contributed by atoms with Crippen LogP contribution < -0.4 is 0 Å². The van der Waals surface area contributed by atoms with Gasteiger partial charge in [-0.05, 0) is 18.4 Å². The lowest BCUT2D eigenvalue weighted by molar-refractivity contribution is -0.138. The fourth-order valence-corrected chi connectivity index (χ4v) is 2.13. The van der Waals surface area contributed by atoms with Crippen LogP contribution in [0.25, 0.3) is 11.4 Å². The third-order valence-electron chi connectivity index (χ3n) is 3.49. The molecular formula is C14H14N2O3. The van der Waals surface area contributed by atoms with Crippen LogP contribution in [0.3, 0.4) is 0 Å². The van der Waals surface area contributed by atoms with E-state index in [4.69, 9.17) is 9.63 Å². The summed E-state index contributed by atoms with van der Waals surface area (Å²) in [4.78, 5) is 15.1. The number of hydrogen-bond acceptors (Lipinski definition) is 4. The van der Waals surface area contributed by atoms with Crippen molar-refractivity contribution >= 4 is 5.97 Å². The predicted octanol–water partition coefficient (Wildman–Crippen LogP) is 2.49. The number of hydrogen-bond donors (Lipinski definition) is 1. The highest BCUT2D eigenvalue weighted by molar-refractivity contribution is 5.74. The average molecular weight is 258 g/mol. The lowest BCUT2D eigenvalue weighted by atomic mass is 10.1. The average Bonchev–Trinajstić information content (AvgIpc) is 3.09. The molecule has 2 aromatic rings. The summed E-state index contributed by atoms with van der Waals surface area (Å²) >= 11 is 0. The minimum Gasteiger partial charge on any atom is -0.481 e. The Labute approximate surface area is 110 Å². The molecule has 0 bridgehead atoms. The van der Waals surface area contributed by atoms with Gasteiger partial charge in [-0.15, -0.1) is 0 Å². The first-order valence-electron chi connectivity index (χ1n) is 6.34. The van der Waals surface area contributed by atoms with E-state index in [0.29, 0.717) is 18.1 Å². The largest absolute Gasteiger partial charge is 0.481 e. The van der Waals surface area contributed by atoms with Crippen molar-refractivity contribution in [3.63, 3.8) is 0 Å². The zero-order chi connectivity index (χ0) is 13.4. The summed E-state index contributed by atoms with van der Waals surface area (Å²) in [5, 5.41) is 12.8. The van der Waals surface area contributed by atoms with E-state index >= 15 is 0 Å². The van der Waals surface area contributed by atoms with Gasteiger partial charge in [-0.2, -0.15) is 4.98 Å². The number of carboxylic acid groups (broad SMARTS) is 1. The Kier molecular flexibility index (Phi) is 2.81. The van der Waals surface area contributed by atoms with Crippen molar-refractivity contribution < 1.29 is 14.4 Å². The summed E-state index contributed by atoms with van der Waals surface area (Å²) in [5.41, 5.74) is 2.14. The fraction of sp³-hybridized carbons (Fsp3) is 0.357. The Morgan fingerprint density at radius 2 is 2.16 bits per heavy atom. The third-order valence-corrected chi connectivity index (χ3v) is 3.49. The van der Waals surface area contributed by atoms with E-state index < -0.39 is 5.97 Å². The predicted molar refractivity (Wildman–Crippen MR) is 67.6 cm³/mol. The summed E-state index contributed by atoms with van der Waals surface area (Å²) in [6.45, 7) is 2.10. The quantitative estimate of drug-likeness (QED) is 0.911. The van der Waals surface area contributed by atoms with Gasteiger partial charge in [0.1, 0.15) is 0 Å². The van der Waals surface area contributed by atoms with Gasteiger partial charge in [-0.1, -0.05) is 36.3 Å². The van der Waals surface area contributed by atoms with Crippen LogP contribution in [-0.4, -0.2) is 21.2 Å². The third kappa shape index (κ3) is 2.23. The van der Waals surface area contributed by atoms with Crippen molar-refractivity contribution in [3.8, 4) is 11.4 Å². The highest BCUT2D eigenvalue weighted by Crippen LogP contribution is 2.47. The van der Waals surface area contributed by atoms with Gasteiger partial charge in [-0.25, -0.2) is 0 Å². The number of benzene rings is 1. The molecule has 1 fully saturated rings. The highest BCUT2D eigenvalue weighted by Gasteiger charge is 2.48. The van der Waals surface area contributed by atoms with Crippen molar-refractivity contribution in [2.75, 3.05) is 0 Å². The fourth-order valence-electron chi connectivity index (χ4n) is 2.13. The van der Waals surface area contributed by atoms with Gasteiger partial charge in [0.25, 0.3) is 0 Å². The lowest BCUT2D eigenvalue weighted by Crippen LogP contribution is -1.98. The minimum atomic E-state index is -0.794. The Bertz CT molecular complexity index is 603. The molecule has 0 amide bonds. The van der Waals surface area contributed by atoms with E-state index in [9.17, 15) is 4.79 Å². The Hall–Kier alpha value is -2.17. The van der Waals surface area contributed by atoms with Gasteiger partial charge in [0.2, 0.25) is 11.7 Å². The number of aliphatic carboxylic acids is 1. The lowest BCUT2D eigenvalue weighted by Gasteiger charge is -1.97. The van der Waals surface area contributed by atoms with Crippen molar-refractivity contribution in [3.05, 3.63) is 35.7 Å². The molecule has 5 heteroatoms. The normalized spacial score (nSPS) is 21.3. The van der Waals surface area contributed by atoms with Gasteiger partial charge in [0.15, 0.2) is 0 Å². The number of rotatable bonds is 4. The number of nitrogens with zero attached hydrogens (tertiary/aromatic N) is 2. The second kappa shape index (κ2) is 4.50. The SMILES string of the molecule is CCc1ccc(-c2noc(C3CC3C(=O)O)n2)cc1. The number of aromatic nitrogens is 2. The monoisotopic (exact) mass is 258 g/mol. The molecule has 19 heavy (non-hydrogen) atoms. The van der Waals surface area contributed by atoms with Crippen LogP contribution in [0.2, 0.25) is 0 Å². The van der Waals surface area contributed by atoms with E-state index in [1.807, 2.05) is 24.3 Å². The van der Waals surface area contributed by atoms with Crippen LogP contribution in [0.5, 0.6) is 0 Å². The van der Waals surface area contributed by atoms with Crippen LogP contribution in [-0.2, 0) is 11.2 Å². The standard InChI is InChI=1S/C14H14N2O3/c1-2-8-3-5-9(6-4-8)12-15-13(19-16-12)10-7-11(10)14(17)18/h3-6,10-11H,2,7H2,1H3,(H,17,18). The molecule has 0 aliphatic heterocycles. The Morgan fingerprint density at radius 3 is 2.74 bits per heavy atom. The second-order valence-corrected chi connectivity index (χ2v) is 4.79. The number of aryl methyl sites for hydroxylation is 1. The number of carboxylic acids is 1. The Morgan fingerprint density at radius 1 is 1.42 bits per heavy atom. The molecule has 1 heterocycles. The summed E-state index contributed by atoms with van der Waals surface area (Å²) < 4.78 is 5.16. The molecule has 1 aromatic heterocycles. The molecule has 1 aliphatic rings. The zero-order valence-corrected chi connectivity index (χ0v) is 10.5. The maximum atomic E-state index is 10.8. The molecular weight excluding hydrogens is 244 g/mol. The van der Waals surface area contributed by atoms with E-state index in [-0.39, 0.29) is 11.8 Å². The van der Waals surface area contributed by atoms with Crippen LogP contribution in [0.1, 0.15) is 30.7 Å². The molecule has 0 saturated heterocycles. The first-order valence-corrected chi connectivity index (χ1v) is 6.34. The minimum absolute atomic E-state index is 0.117. The topological polar surface area (TPSA) is 76.2 Å². The molecule has 0 radical (unpaired) electrons.